The summed E-state index contributed by atoms with van der Waals surface area (Å²) in [5, 5.41) is 12.8. The van der Waals surface area contributed by atoms with Crippen LogP contribution in [0.1, 0.15) is 35.1 Å². The van der Waals surface area contributed by atoms with Gasteiger partial charge in [0, 0.05) is 6.54 Å². The van der Waals surface area contributed by atoms with Crippen LogP contribution in [0, 0.1) is 0 Å². The van der Waals surface area contributed by atoms with E-state index in [0.29, 0.717) is 31.2 Å². The topological polar surface area (TPSA) is 84.8 Å². The Hall–Kier alpha value is -2.05. The summed E-state index contributed by atoms with van der Waals surface area (Å²) in [6.45, 7) is 2.77. The Bertz CT molecular complexity index is 532. The number of hydrogen-bond acceptors (Lipinski definition) is 6. The highest BCUT2D eigenvalue weighted by atomic mass is 16.5. The van der Waals surface area contributed by atoms with E-state index in [-0.39, 0.29) is 5.76 Å². The molecule has 1 unspecified atom stereocenters. The lowest BCUT2D eigenvalue weighted by molar-refractivity contribution is 0.0487. The van der Waals surface area contributed by atoms with Crippen LogP contribution in [0.15, 0.2) is 39.4 Å². The minimum absolute atomic E-state index is 0.176. The maximum absolute atomic E-state index is 11.4. The quantitative estimate of drug-likeness (QED) is 0.753. The third-order valence-corrected chi connectivity index (χ3v) is 2.65. The van der Waals surface area contributed by atoms with Crippen molar-refractivity contribution in [1.82, 2.24) is 5.32 Å². The van der Waals surface area contributed by atoms with E-state index >= 15 is 0 Å². The van der Waals surface area contributed by atoms with Crippen LogP contribution in [0.3, 0.4) is 0 Å². The molecule has 2 N–H and O–H groups in total. The Morgan fingerprint density at radius 1 is 1.45 bits per heavy atom. The summed E-state index contributed by atoms with van der Waals surface area (Å²) in [6, 6.07) is 6.69. The first kappa shape index (κ1) is 14.4. The Labute approximate surface area is 116 Å². The molecular weight excluding hydrogens is 262 g/mol. The number of carbonyl (C=O) groups excluding carboxylic acids is 1. The fraction of sp³-hybridized carbons (Fsp3) is 0.357. The van der Waals surface area contributed by atoms with Gasteiger partial charge in [-0.3, -0.25) is 0 Å². The van der Waals surface area contributed by atoms with E-state index in [4.69, 9.17) is 13.6 Å². The highest BCUT2D eigenvalue weighted by Gasteiger charge is 2.13. The van der Waals surface area contributed by atoms with Gasteiger partial charge < -0.3 is 24.0 Å². The number of ether oxygens (including phenoxy) is 1. The largest absolute Gasteiger partial charge is 0.467 e. The molecule has 108 valence electrons. The summed E-state index contributed by atoms with van der Waals surface area (Å²) in [4.78, 5) is 11.4. The second kappa shape index (κ2) is 6.93. The van der Waals surface area contributed by atoms with Crippen LogP contribution in [0.25, 0.3) is 0 Å². The van der Waals surface area contributed by atoms with Crippen molar-refractivity contribution in [1.29, 1.82) is 0 Å². The molecule has 0 saturated heterocycles. The highest BCUT2D eigenvalue weighted by molar-refractivity contribution is 5.86. The third-order valence-electron chi connectivity index (χ3n) is 2.65. The number of carbonyl (C=O) groups is 1. The summed E-state index contributed by atoms with van der Waals surface area (Å²) in [7, 11) is 0. The molecule has 6 nitrogen and oxygen atoms in total. The molecule has 0 bridgehead atoms. The smallest absolute Gasteiger partial charge is 0.374 e. The molecule has 0 fully saturated rings. The molecule has 2 aromatic heterocycles. The van der Waals surface area contributed by atoms with E-state index in [1.165, 1.54) is 6.26 Å². The average Bonchev–Trinajstić information content (AvgIpc) is 3.10. The summed E-state index contributed by atoms with van der Waals surface area (Å²) in [5.41, 5.74) is 0. The van der Waals surface area contributed by atoms with E-state index in [0.717, 1.165) is 0 Å². The lowest BCUT2D eigenvalue weighted by Crippen LogP contribution is -2.20. The van der Waals surface area contributed by atoms with Crippen molar-refractivity contribution >= 4 is 5.97 Å². The maximum atomic E-state index is 11.4. The molecule has 0 amide bonds. The monoisotopic (exact) mass is 279 g/mol. The van der Waals surface area contributed by atoms with Crippen molar-refractivity contribution in [3.8, 4) is 0 Å². The van der Waals surface area contributed by atoms with Crippen LogP contribution in [-0.2, 0) is 11.3 Å². The second-order valence-corrected chi connectivity index (χ2v) is 4.15. The van der Waals surface area contributed by atoms with Gasteiger partial charge >= 0.3 is 5.97 Å². The predicted octanol–water partition coefficient (Wildman–Crippen LogP) is 1.87. The van der Waals surface area contributed by atoms with Gasteiger partial charge in [-0.1, -0.05) is 0 Å². The zero-order chi connectivity index (χ0) is 14.4. The third kappa shape index (κ3) is 3.72. The zero-order valence-corrected chi connectivity index (χ0v) is 11.2. The van der Waals surface area contributed by atoms with Crippen LogP contribution >= 0.6 is 0 Å². The summed E-state index contributed by atoms with van der Waals surface area (Å²) < 4.78 is 15.2. The number of nitrogens with one attached hydrogen (secondary N) is 1. The van der Waals surface area contributed by atoms with E-state index in [2.05, 4.69) is 5.32 Å². The van der Waals surface area contributed by atoms with Crippen molar-refractivity contribution in [2.45, 2.75) is 19.6 Å². The summed E-state index contributed by atoms with van der Waals surface area (Å²) >= 11 is 0. The normalized spacial score (nSPS) is 12.3. The first-order valence-corrected chi connectivity index (χ1v) is 6.38. The highest BCUT2D eigenvalue weighted by Crippen LogP contribution is 2.13. The second-order valence-electron chi connectivity index (χ2n) is 4.15. The number of aliphatic hydroxyl groups excluding tert-OH is 1. The zero-order valence-electron chi connectivity index (χ0n) is 11.2. The van der Waals surface area contributed by atoms with Crippen LogP contribution in [0.2, 0.25) is 0 Å². The van der Waals surface area contributed by atoms with Crippen molar-refractivity contribution < 1.29 is 23.5 Å². The van der Waals surface area contributed by atoms with Gasteiger partial charge in [0.2, 0.25) is 5.76 Å². The van der Waals surface area contributed by atoms with Gasteiger partial charge in [0.25, 0.3) is 0 Å². The van der Waals surface area contributed by atoms with E-state index in [1.807, 2.05) is 0 Å². The van der Waals surface area contributed by atoms with Gasteiger partial charge in [-0.2, -0.15) is 0 Å². The molecule has 20 heavy (non-hydrogen) atoms. The Kier molecular flexibility index (Phi) is 4.97. The maximum Gasteiger partial charge on any atom is 0.374 e. The van der Waals surface area contributed by atoms with Gasteiger partial charge in [0.15, 0.2) is 0 Å². The molecule has 0 radical (unpaired) electrons. The summed E-state index contributed by atoms with van der Waals surface area (Å²) in [6.07, 6.45) is 0.793. The van der Waals surface area contributed by atoms with Crippen molar-refractivity contribution in [2.75, 3.05) is 13.2 Å². The fourth-order valence-electron chi connectivity index (χ4n) is 1.70. The predicted molar refractivity (Wildman–Crippen MR) is 70.0 cm³/mol. The van der Waals surface area contributed by atoms with Crippen LogP contribution in [-0.4, -0.2) is 24.2 Å². The first-order chi connectivity index (χ1) is 9.70. The molecule has 0 saturated carbocycles. The van der Waals surface area contributed by atoms with Crippen molar-refractivity contribution in [3.05, 3.63) is 47.8 Å². The number of esters is 1. The van der Waals surface area contributed by atoms with Gasteiger partial charge in [-0.05, 0) is 31.2 Å². The molecule has 0 aliphatic rings. The minimum atomic E-state index is -0.718. The van der Waals surface area contributed by atoms with Gasteiger partial charge in [-0.25, -0.2) is 4.79 Å². The molecular formula is C14H17NO5. The molecule has 0 spiro atoms. The van der Waals surface area contributed by atoms with E-state index in [1.54, 1.807) is 31.2 Å². The van der Waals surface area contributed by atoms with Crippen molar-refractivity contribution in [3.63, 3.8) is 0 Å². The Morgan fingerprint density at radius 2 is 2.30 bits per heavy atom. The molecule has 2 rings (SSSR count). The molecule has 2 aromatic rings. The van der Waals surface area contributed by atoms with E-state index in [9.17, 15) is 9.90 Å². The van der Waals surface area contributed by atoms with Crippen LogP contribution < -0.4 is 5.32 Å². The summed E-state index contributed by atoms with van der Waals surface area (Å²) in [5.74, 6) is 0.799. The van der Waals surface area contributed by atoms with E-state index < -0.39 is 12.1 Å². The van der Waals surface area contributed by atoms with Gasteiger partial charge in [0.05, 0.1) is 19.4 Å². The van der Waals surface area contributed by atoms with Crippen LogP contribution in [0.4, 0.5) is 0 Å². The number of furan rings is 2. The SMILES string of the molecule is CCOC(=O)c1ccc(CNCC(O)c2ccco2)o1. The molecule has 0 aromatic carbocycles. The molecule has 0 aliphatic heterocycles. The molecule has 1 atom stereocenters. The van der Waals surface area contributed by atoms with Crippen LogP contribution in [0.5, 0.6) is 0 Å². The van der Waals surface area contributed by atoms with Gasteiger partial charge in [-0.15, -0.1) is 0 Å². The molecule has 2 heterocycles. The number of hydrogen-bond donors (Lipinski definition) is 2. The minimum Gasteiger partial charge on any atom is -0.467 e. The molecule has 0 aliphatic carbocycles. The number of rotatable bonds is 7. The Balaban J connectivity index is 1.78. The van der Waals surface area contributed by atoms with Gasteiger partial charge in [0.1, 0.15) is 17.6 Å². The first-order valence-electron chi connectivity index (χ1n) is 6.38. The molecule has 6 heteroatoms. The average molecular weight is 279 g/mol. The lowest BCUT2D eigenvalue weighted by atomic mass is 10.2. The van der Waals surface area contributed by atoms with Crippen molar-refractivity contribution in [2.24, 2.45) is 0 Å². The Morgan fingerprint density at radius 3 is 3.00 bits per heavy atom. The lowest BCUT2D eigenvalue weighted by Gasteiger charge is -2.08. The number of aliphatic hydroxyl groups is 1. The fourth-order valence-corrected chi connectivity index (χ4v) is 1.70. The standard InChI is InChI=1S/C14H17NO5/c1-2-18-14(17)13-6-5-10(20-13)8-15-9-11(16)12-4-3-7-19-12/h3-7,11,15-16H,2,8-9H2,1H3.